The van der Waals surface area contributed by atoms with Crippen LogP contribution < -0.4 is 0 Å². The van der Waals surface area contributed by atoms with E-state index < -0.39 is 215 Å². The molecule has 0 aliphatic heterocycles. The number of aromatic nitrogens is 8. The van der Waals surface area contributed by atoms with Crippen LogP contribution in [0.2, 0.25) is 0 Å². The molecule has 0 radical (unpaired) electrons. The van der Waals surface area contributed by atoms with E-state index in [1.165, 1.54) is 9.13 Å². The van der Waals surface area contributed by atoms with Gasteiger partial charge in [0.25, 0.3) is 0 Å². The van der Waals surface area contributed by atoms with Crippen LogP contribution in [0.5, 0.6) is 0 Å². The van der Waals surface area contributed by atoms with Crippen molar-refractivity contribution in [1.82, 2.24) is 39.0 Å². The lowest BCUT2D eigenvalue weighted by atomic mass is 9.98. The van der Waals surface area contributed by atoms with E-state index in [-0.39, 0.29) is 169 Å². The first-order valence-corrected chi connectivity index (χ1v) is 35.3. The van der Waals surface area contributed by atoms with E-state index in [0.717, 1.165) is 0 Å². The third-order valence-corrected chi connectivity index (χ3v) is 19.7. The van der Waals surface area contributed by atoms with Crippen molar-refractivity contribution in [3.8, 4) is 102 Å². The molecule has 0 atom stereocenters. The second kappa shape index (κ2) is 26.0. The Morgan fingerprint density at radius 2 is 0.702 bits per heavy atom. The first kappa shape index (κ1) is 39.1. The Hall–Kier alpha value is -15.7. The van der Waals surface area contributed by atoms with Crippen LogP contribution in [0, 0.1) is 0 Å². The second-order valence-electron chi connectivity index (χ2n) is 26.1. The molecular weight excluding hydrogens is 1400 g/mol. The first-order chi connectivity index (χ1) is 70.7. The Kier molecular flexibility index (Phi) is 8.93. The van der Waals surface area contributed by atoms with Crippen LogP contribution in [0.25, 0.3) is 233 Å². The number of benzene rings is 16. The van der Waals surface area contributed by atoms with Gasteiger partial charge in [0.15, 0.2) is 23.3 Å². The molecule has 0 spiro atoms. The molecule has 8 aromatic heterocycles. The van der Waals surface area contributed by atoms with Gasteiger partial charge < -0.3 is 17.7 Å². The summed E-state index contributed by atoms with van der Waals surface area (Å²) in [4.78, 5) is 29.2. The smallest absolute Gasteiger partial charge is 0.238 e. The van der Waals surface area contributed by atoms with Crippen LogP contribution in [0.1, 0.15) is 46.6 Å². The van der Waals surface area contributed by atoms with Gasteiger partial charge in [0, 0.05) is 76.1 Å². The third kappa shape index (κ3) is 10.5. The van der Waals surface area contributed by atoms with E-state index in [2.05, 4.69) is 0 Å². The molecule has 0 N–H and O–H groups in total. The van der Waals surface area contributed by atoms with Gasteiger partial charge in [-0.1, -0.05) is 279 Å². The Labute approximate surface area is 697 Å². The Balaban J connectivity index is 0.000000163. The zero-order chi connectivity index (χ0) is 104. The van der Waals surface area contributed by atoms with Crippen LogP contribution in [0.3, 0.4) is 0 Å². The van der Waals surface area contributed by atoms with E-state index >= 15 is 0 Å². The summed E-state index contributed by atoms with van der Waals surface area (Å²) in [5, 5.41) is -0.359. The van der Waals surface area contributed by atoms with E-state index in [1.54, 1.807) is 152 Å². The van der Waals surface area contributed by atoms with Crippen molar-refractivity contribution in [1.29, 1.82) is 0 Å². The van der Waals surface area contributed by atoms with E-state index in [0.29, 0.717) is 55.3 Å². The van der Waals surface area contributed by atoms with E-state index in [4.69, 9.17) is 76.4 Å². The minimum absolute atomic E-state index is 0.00231. The Morgan fingerprint density at radius 3 is 1.35 bits per heavy atom. The van der Waals surface area contributed by atoms with E-state index in [1.807, 2.05) is 6.07 Å². The molecule has 0 fully saturated rings. The molecule has 0 aliphatic carbocycles. The zero-order valence-electron chi connectivity index (χ0n) is 92.2. The lowest BCUT2D eigenvalue weighted by molar-refractivity contribution is 0.668. The number of rotatable bonds is 10. The maximum atomic E-state index is 9.91. The van der Waals surface area contributed by atoms with Gasteiger partial charge in [0.2, 0.25) is 11.9 Å². The monoisotopic (exact) mass is 1490 g/mol. The maximum Gasteiger partial charge on any atom is 0.238 e. The number of hydrogen-bond acceptors (Lipinski definition) is 10. The highest BCUT2D eigenvalue weighted by atomic mass is 16.3. The lowest BCUT2D eigenvalue weighted by Crippen LogP contribution is -2.06. The molecule has 12 heteroatoms. The molecule has 532 valence electrons. The first-order valence-electron chi connectivity index (χ1n) is 52.3. The van der Waals surface area contributed by atoms with Crippen molar-refractivity contribution >= 4 is 131 Å². The largest absolute Gasteiger partial charge is 0.456 e. The summed E-state index contributed by atoms with van der Waals surface area (Å²) in [7, 11) is 0. The van der Waals surface area contributed by atoms with Crippen LogP contribution >= 0.6 is 0 Å². The van der Waals surface area contributed by atoms with Gasteiger partial charge in [0.1, 0.15) is 44.7 Å². The minimum atomic E-state index is -0.775. The second-order valence-corrected chi connectivity index (χ2v) is 26.1. The zero-order valence-corrected chi connectivity index (χ0v) is 58.2. The number of hydrogen-bond donors (Lipinski definition) is 0. The molecule has 0 unspecified atom stereocenters. The summed E-state index contributed by atoms with van der Waals surface area (Å²) >= 11 is 0. The van der Waals surface area contributed by atoms with Gasteiger partial charge in [-0.2, -0.15) is 19.9 Å². The average Bonchev–Trinajstić information content (AvgIpc) is 1.52. The standard InChI is InChI=1S/2C51H30N4O2/c1-4-14-31(15-5-1)35-22-13-25-43-45(35)39-27-26-34(30-44(39)56-43)50-52-49(33-18-8-3-9-19-33)53-51(54-50)55-40-23-12-21-36(32-16-6-2-7-17-32)46(40)47-41(55)29-28-38-37-20-10-11-24-42(37)57-48(38)47;1-4-13-31(14-5-1)34-23-25-39-42(29-34)55(41-28-27-38-37-19-10-11-21-43(37)57-48(38)47(39)41)51-53-49(33-17-8-3-9-18-33)52-50(54-51)35-24-26-40-45(30-35)56-44-22-12-20-36(46(40)44)32-15-6-2-7-16-32/h2*1-30H/i1D,4D,5D,10D,11D,12D,13D,14D,15D,20D,21D,22D,23D,24D,25D,26D,27D,28D,29D,30D;2D,6D,7D,10D,11D,15D,16D,19D,21D,23D,25D,27D,28D,29D. The van der Waals surface area contributed by atoms with Gasteiger partial charge in [0.05, 0.1) is 79.4 Å². The highest BCUT2D eigenvalue weighted by Gasteiger charge is 2.27. The van der Waals surface area contributed by atoms with Gasteiger partial charge in [-0.3, -0.25) is 9.13 Å². The van der Waals surface area contributed by atoms with Crippen molar-refractivity contribution < 1.29 is 64.3 Å². The predicted molar refractivity (Wildman–Crippen MR) is 461 cm³/mol. The molecule has 0 saturated carbocycles. The van der Waals surface area contributed by atoms with Crippen LogP contribution in [-0.2, 0) is 0 Å². The fraction of sp³-hybridized carbons (Fsp3) is 0. The molecule has 0 bridgehead atoms. The molecule has 16 aromatic carbocycles. The van der Waals surface area contributed by atoms with Crippen molar-refractivity contribution in [3.63, 3.8) is 0 Å². The molecule has 24 rings (SSSR count). The van der Waals surface area contributed by atoms with Crippen LogP contribution in [0.15, 0.2) is 381 Å². The van der Waals surface area contributed by atoms with E-state index in [9.17, 15) is 17.8 Å². The summed E-state index contributed by atoms with van der Waals surface area (Å²) in [6.45, 7) is 0. The van der Waals surface area contributed by atoms with Gasteiger partial charge in [-0.15, -0.1) is 0 Å². The van der Waals surface area contributed by atoms with Crippen LogP contribution in [-0.4, -0.2) is 39.0 Å². The fourth-order valence-electron chi connectivity index (χ4n) is 14.6. The Bertz CT molecular complexity index is 10100. The number of nitrogens with zero attached hydrogens (tertiary/aromatic N) is 8. The van der Waals surface area contributed by atoms with Crippen LogP contribution in [0.4, 0.5) is 0 Å². The molecular formula is C102H60N8O4. The van der Waals surface area contributed by atoms with Crippen molar-refractivity contribution in [2.24, 2.45) is 0 Å². The molecule has 0 saturated heterocycles. The lowest BCUT2D eigenvalue weighted by Gasteiger charge is -2.11. The topological polar surface area (TPSA) is 140 Å². The summed E-state index contributed by atoms with van der Waals surface area (Å²) in [6, 6.07) is 24.9. The van der Waals surface area contributed by atoms with Gasteiger partial charge in [-0.25, -0.2) is 9.97 Å². The third-order valence-electron chi connectivity index (χ3n) is 19.7. The number of furan rings is 4. The molecule has 12 nitrogen and oxygen atoms in total. The fourth-order valence-corrected chi connectivity index (χ4v) is 14.6. The molecule has 8 heterocycles. The molecule has 0 aliphatic rings. The van der Waals surface area contributed by atoms with Crippen molar-refractivity contribution in [2.45, 2.75) is 0 Å². The molecule has 114 heavy (non-hydrogen) atoms. The normalized spacial score (nSPS) is 16.0. The number of fused-ring (bicyclic) bond motifs is 20. The minimum Gasteiger partial charge on any atom is -0.456 e. The Morgan fingerprint density at radius 1 is 0.219 bits per heavy atom. The van der Waals surface area contributed by atoms with Gasteiger partial charge in [-0.05, 0) is 129 Å². The van der Waals surface area contributed by atoms with Crippen molar-refractivity contribution in [3.05, 3.63) is 363 Å². The molecule has 0 amide bonds. The highest BCUT2D eigenvalue weighted by molar-refractivity contribution is 6.28. The predicted octanol–water partition coefficient (Wildman–Crippen LogP) is 26.9. The van der Waals surface area contributed by atoms with Crippen molar-refractivity contribution in [2.75, 3.05) is 0 Å². The highest BCUT2D eigenvalue weighted by Crippen LogP contribution is 2.47. The quantitative estimate of drug-likeness (QED) is 0.130. The summed E-state index contributed by atoms with van der Waals surface area (Å²) in [5.74, 6) is -0.999. The summed E-state index contributed by atoms with van der Waals surface area (Å²) in [6.07, 6.45) is 0. The number of para-hydroxylation sites is 2. The average molecular weight is 1500 g/mol. The van der Waals surface area contributed by atoms with Gasteiger partial charge >= 0.3 is 0 Å². The summed E-state index contributed by atoms with van der Waals surface area (Å²) < 4.78 is 333. The molecule has 24 aromatic rings. The SMILES string of the molecule is [2H]c1c([2H])c([2H])c(-c2c([2H])c([2H])c([2H])c3oc4c([2H])c(-c5nc(-c6ccccc6)nc(-n6c7c([2H])c([2H])c([2H])c(-c8ccccc8)c7c7c8oc9c([2H])c([2H])c([2H])c([2H])c9c8c([2H])c([2H])c76)n5)c([2H])c([2H])c4c23)c([2H])c1[2H].[2H]c1c([2H])c([2H])c(-c2cccc3oc4cc(-c5nc(-c6ccccc6)nc(-n6c7c([2H])c(-c8ccccc8)c([2H])c([2H])c7c7c8oc9c([2H])c([2H])c([2H])c([2H])c9c8c([2H])c([2H])c76)n5)ccc4c23)c([2H])c1[2H]. The summed E-state index contributed by atoms with van der Waals surface area (Å²) in [5.41, 5.74) is -0.724. The maximum absolute atomic E-state index is 9.91.